The average Bonchev–Trinajstić information content (AvgIpc) is 2.81. The number of hydrogen-bond donors (Lipinski definition) is 1. The van der Waals surface area contributed by atoms with Crippen LogP contribution in [-0.4, -0.2) is 40.4 Å². The van der Waals surface area contributed by atoms with Crippen LogP contribution in [0.5, 0.6) is 0 Å². The molecule has 0 heterocycles. The highest BCUT2D eigenvalue weighted by molar-refractivity contribution is 5.98. The molecule has 3 unspecified atom stereocenters. The van der Waals surface area contributed by atoms with Crippen LogP contribution in [0.15, 0.2) is 12.2 Å². The van der Waals surface area contributed by atoms with Gasteiger partial charge in [0.25, 0.3) is 0 Å². The van der Waals surface area contributed by atoms with E-state index in [0.29, 0.717) is 24.4 Å². The van der Waals surface area contributed by atoms with Crippen molar-refractivity contribution < 1.29 is 19.1 Å². The van der Waals surface area contributed by atoms with E-state index in [-0.39, 0.29) is 28.8 Å². The van der Waals surface area contributed by atoms with Crippen LogP contribution in [0.2, 0.25) is 0 Å². The Hall–Kier alpha value is -0.653. The Morgan fingerprint density at radius 1 is 1.28 bits per heavy atom. The van der Waals surface area contributed by atoms with Crippen molar-refractivity contribution in [2.75, 3.05) is 6.61 Å². The van der Waals surface area contributed by atoms with Gasteiger partial charge in [0.05, 0.1) is 6.10 Å². The number of ether oxygens (including phenoxy) is 1. The third-order valence-electron chi connectivity index (χ3n) is 9.00. The van der Waals surface area contributed by atoms with Crippen LogP contribution >= 0.6 is 0 Å². The fraction of sp³-hybridized carbons (Fsp3) is 0.875. The van der Waals surface area contributed by atoms with Gasteiger partial charge >= 0.3 is 5.97 Å². The molecule has 168 valence electrons. The van der Waals surface area contributed by atoms with Crippen molar-refractivity contribution in [3.05, 3.63) is 12.2 Å². The van der Waals surface area contributed by atoms with E-state index in [0.717, 1.165) is 28.9 Å². The summed E-state index contributed by atoms with van der Waals surface area (Å²) in [5.41, 5.74) is 1.52. The van der Waals surface area contributed by atoms with E-state index in [9.17, 15) is 9.90 Å². The Kier molecular flexibility index (Phi) is 7.84. The van der Waals surface area contributed by atoms with Gasteiger partial charge in [-0.3, -0.25) is 4.79 Å². The molecule has 5 heteroatoms. The topological polar surface area (TPSA) is 55.8 Å². The lowest BCUT2D eigenvalue weighted by Gasteiger charge is -2.56. The minimum Gasteiger partial charge on any atom is -0.461 e. The summed E-state index contributed by atoms with van der Waals surface area (Å²) >= 11 is 0. The predicted molar refractivity (Wildman–Crippen MR) is 122 cm³/mol. The molecule has 4 nitrogen and oxygen atoms in total. The Bertz CT molecular complexity index is 604. The molecule has 0 aromatic carbocycles. The molecule has 6 atom stereocenters. The van der Waals surface area contributed by atoms with Crippen molar-refractivity contribution >= 4 is 16.5 Å². The summed E-state index contributed by atoms with van der Waals surface area (Å²) in [6.07, 6.45) is 7.25. The average molecular weight is 425 g/mol. The number of esters is 1. The largest absolute Gasteiger partial charge is 0.461 e. The molecule has 2 rings (SSSR count). The molecule has 1 N–H and O–H groups in total. The number of aliphatic hydroxyl groups is 1. The zero-order valence-corrected chi connectivity index (χ0v) is 21.8. The maximum atomic E-state index is 11.0. The van der Waals surface area contributed by atoms with Gasteiger partial charge in [-0.1, -0.05) is 47.6 Å². The molecule has 2 aliphatic rings. The molecule has 29 heavy (non-hydrogen) atoms. The molecular weight excluding hydrogens is 380 g/mol. The summed E-state index contributed by atoms with van der Waals surface area (Å²) in [4.78, 5) is 11.0. The Morgan fingerprint density at radius 3 is 2.52 bits per heavy atom. The maximum absolute atomic E-state index is 11.0. The van der Waals surface area contributed by atoms with Gasteiger partial charge in [-0.25, -0.2) is 0 Å². The third kappa shape index (κ3) is 4.67. The van der Waals surface area contributed by atoms with E-state index in [4.69, 9.17) is 9.16 Å². The Labute approximate surface area is 181 Å². The van der Waals surface area contributed by atoms with Crippen LogP contribution in [0.1, 0.15) is 86.5 Å². The molecule has 0 bridgehead atoms. The van der Waals surface area contributed by atoms with Crippen molar-refractivity contribution in [3.8, 4) is 0 Å². The fourth-order valence-electron chi connectivity index (χ4n) is 6.94. The molecule has 0 aromatic rings. The lowest BCUT2D eigenvalue weighted by atomic mass is 9.49. The van der Waals surface area contributed by atoms with Crippen molar-refractivity contribution in [3.63, 3.8) is 0 Å². The summed E-state index contributed by atoms with van der Waals surface area (Å²) in [6.45, 7) is 17.9. The molecule has 2 aliphatic carbocycles. The third-order valence-corrected chi connectivity index (χ3v) is 9.61. The minimum absolute atomic E-state index is 0.203. The lowest BCUT2D eigenvalue weighted by Crippen LogP contribution is -2.51. The molecule has 0 saturated heterocycles. The van der Waals surface area contributed by atoms with Gasteiger partial charge in [-0.2, -0.15) is 0 Å². The van der Waals surface area contributed by atoms with Crippen molar-refractivity contribution in [2.45, 2.75) is 98.7 Å². The first-order valence-corrected chi connectivity index (χ1v) is 12.2. The van der Waals surface area contributed by atoms with Gasteiger partial charge in [0.15, 0.2) is 0 Å². The first kappa shape index (κ1) is 24.6. The van der Waals surface area contributed by atoms with Gasteiger partial charge in [0.1, 0.15) is 17.1 Å². The quantitative estimate of drug-likeness (QED) is 0.343. The molecule has 0 aromatic heterocycles. The number of fused-ring (bicyclic) bond motifs is 1. The minimum atomic E-state index is -0.429. The second kappa shape index (κ2) is 9.23. The number of carbonyl (C=O) groups is 1. The summed E-state index contributed by atoms with van der Waals surface area (Å²) in [7, 11) is 0.818. The Morgan fingerprint density at radius 2 is 1.93 bits per heavy atom. The fourth-order valence-corrected chi connectivity index (χ4v) is 7.51. The van der Waals surface area contributed by atoms with Crippen LogP contribution in [0.25, 0.3) is 0 Å². The summed E-state index contributed by atoms with van der Waals surface area (Å²) in [6, 6.07) is 0. The second-order valence-corrected chi connectivity index (χ2v) is 11.3. The highest BCUT2D eigenvalue weighted by Gasteiger charge is 2.66. The lowest BCUT2D eigenvalue weighted by molar-refractivity contribution is -0.140. The highest BCUT2D eigenvalue weighted by Crippen LogP contribution is 2.72. The van der Waals surface area contributed by atoms with E-state index in [2.05, 4.69) is 41.2 Å². The van der Waals surface area contributed by atoms with Crippen molar-refractivity contribution in [1.82, 2.24) is 0 Å². The predicted octanol–water partition coefficient (Wildman–Crippen LogP) is 4.18. The number of hydrogen-bond acceptors (Lipinski definition) is 4. The normalized spacial score (nSPS) is 35.7. The zero-order chi connectivity index (χ0) is 22.0. The van der Waals surface area contributed by atoms with Crippen molar-refractivity contribution in [2.24, 2.45) is 28.1 Å². The van der Waals surface area contributed by atoms with Crippen LogP contribution in [0, 0.1) is 28.1 Å². The van der Waals surface area contributed by atoms with Crippen LogP contribution < -0.4 is 0 Å². The standard InChI is InChI=1S/C24H44O4Si/c1-16(15-27-18(3)25)13-19(26)11-10-17(2)24(7)22(4,5)14-20-21(28-29)9-8-12-23(20,24)6/h17,19-21,26H,1,8-15H2,2-7,29H3/t17-,19?,20?,21?,23-,24-/m1/s1. The van der Waals surface area contributed by atoms with E-state index in [1.54, 1.807) is 0 Å². The zero-order valence-electron chi connectivity index (χ0n) is 19.8. The summed E-state index contributed by atoms with van der Waals surface area (Å²) in [5.74, 6) is 0.847. The van der Waals surface area contributed by atoms with Gasteiger partial charge in [-0.05, 0) is 72.2 Å². The Balaban J connectivity index is 2.05. The van der Waals surface area contributed by atoms with Crippen LogP contribution in [-0.2, 0) is 14.0 Å². The SMILES string of the molecule is C=C(COC(C)=O)CC(O)CC[C@@H](C)[C@]1(C)C(C)(C)CC2C(O[SiH3])CCC[C@]21C. The van der Waals surface area contributed by atoms with Gasteiger partial charge < -0.3 is 14.3 Å². The van der Waals surface area contributed by atoms with Crippen LogP contribution in [0.4, 0.5) is 0 Å². The first-order valence-electron chi connectivity index (χ1n) is 11.4. The van der Waals surface area contributed by atoms with Crippen molar-refractivity contribution in [1.29, 1.82) is 0 Å². The smallest absolute Gasteiger partial charge is 0.302 e. The highest BCUT2D eigenvalue weighted by atomic mass is 28.2. The summed E-state index contributed by atoms with van der Waals surface area (Å²) in [5, 5.41) is 10.6. The molecule has 2 saturated carbocycles. The van der Waals surface area contributed by atoms with Gasteiger partial charge in [-0.15, -0.1) is 0 Å². The monoisotopic (exact) mass is 424 g/mol. The van der Waals surface area contributed by atoms with E-state index in [1.807, 2.05) is 0 Å². The number of rotatable bonds is 9. The number of carbonyl (C=O) groups excluding carboxylic acids is 1. The molecule has 0 radical (unpaired) electrons. The maximum Gasteiger partial charge on any atom is 0.302 e. The van der Waals surface area contributed by atoms with Gasteiger partial charge in [0, 0.05) is 13.0 Å². The second-order valence-electron chi connectivity index (χ2n) is 10.8. The number of aliphatic hydroxyl groups excluding tert-OH is 1. The van der Waals surface area contributed by atoms with E-state index < -0.39 is 6.10 Å². The molecule has 2 fully saturated rings. The summed E-state index contributed by atoms with van der Waals surface area (Å²) < 4.78 is 11.1. The molecule has 0 aliphatic heterocycles. The first-order chi connectivity index (χ1) is 13.4. The molecule has 0 spiro atoms. The van der Waals surface area contributed by atoms with E-state index in [1.165, 1.54) is 32.6 Å². The van der Waals surface area contributed by atoms with E-state index >= 15 is 0 Å². The molecule has 0 amide bonds. The van der Waals surface area contributed by atoms with Gasteiger partial charge in [0.2, 0.25) is 0 Å². The van der Waals surface area contributed by atoms with Crippen LogP contribution in [0.3, 0.4) is 0 Å². The molecular formula is C24H44O4Si.